The van der Waals surface area contributed by atoms with E-state index < -0.39 is 22.8 Å². The van der Waals surface area contributed by atoms with Gasteiger partial charge in [0.1, 0.15) is 6.04 Å². The molecule has 3 N–H and O–H groups in total. The maximum Gasteiger partial charge on any atom is 0.270 e. The molecule has 1 aromatic rings. The highest BCUT2D eigenvalue weighted by molar-refractivity contribution is 6.34. The monoisotopic (exact) mass is 313 g/mol. The van der Waals surface area contributed by atoms with E-state index in [0.29, 0.717) is 6.42 Å². The first kappa shape index (κ1) is 16.9. The maximum atomic E-state index is 12.1. The first-order valence-electron chi connectivity index (χ1n) is 6.32. The zero-order chi connectivity index (χ0) is 16.2. The van der Waals surface area contributed by atoms with Crippen LogP contribution in [0.5, 0.6) is 0 Å². The molecule has 2 amide bonds. The number of nitrogens with one attached hydrogen (secondary N) is 1. The van der Waals surface area contributed by atoms with Crippen LogP contribution in [0.1, 0.15) is 30.6 Å². The predicted octanol–water partition coefficient (Wildman–Crippen LogP) is 1.88. The summed E-state index contributed by atoms with van der Waals surface area (Å²) in [7, 11) is 0. The fourth-order valence-electron chi connectivity index (χ4n) is 1.75. The third-order valence-corrected chi connectivity index (χ3v) is 3.53. The second-order valence-electron chi connectivity index (χ2n) is 4.66. The minimum atomic E-state index is -0.825. The largest absolute Gasteiger partial charge is 0.368 e. The Morgan fingerprint density at radius 3 is 2.52 bits per heavy atom. The van der Waals surface area contributed by atoms with Crippen molar-refractivity contribution < 1.29 is 14.5 Å². The number of hydrogen-bond donors (Lipinski definition) is 2. The van der Waals surface area contributed by atoms with Crippen LogP contribution in [0.3, 0.4) is 0 Å². The van der Waals surface area contributed by atoms with Gasteiger partial charge in [-0.25, -0.2) is 0 Å². The summed E-state index contributed by atoms with van der Waals surface area (Å²) in [6.45, 7) is 3.65. The lowest BCUT2D eigenvalue weighted by atomic mass is 9.98. The molecule has 114 valence electrons. The zero-order valence-corrected chi connectivity index (χ0v) is 12.4. The molecule has 0 aromatic heterocycles. The number of amides is 2. The van der Waals surface area contributed by atoms with Gasteiger partial charge in [0.05, 0.1) is 15.5 Å². The smallest absolute Gasteiger partial charge is 0.270 e. The number of nitrogens with zero attached hydrogens (tertiary/aromatic N) is 1. The van der Waals surface area contributed by atoms with Crippen molar-refractivity contribution in [1.29, 1.82) is 0 Å². The molecular formula is C13H16ClN3O4. The lowest BCUT2D eigenvalue weighted by Gasteiger charge is -2.21. The normalized spacial score (nSPS) is 13.3. The average Bonchev–Trinajstić information content (AvgIpc) is 2.42. The fourth-order valence-corrected chi connectivity index (χ4v) is 2.01. The molecule has 0 spiro atoms. The Labute approximate surface area is 126 Å². The van der Waals surface area contributed by atoms with Gasteiger partial charge in [0, 0.05) is 12.1 Å². The molecule has 0 saturated heterocycles. The molecular weight excluding hydrogens is 298 g/mol. The summed E-state index contributed by atoms with van der Waals surface area (Å²) in [6.07, 6.45) is 0.655. The molecule has 2 atom stereocenters. The van der Waals surface area contributed by atoms with Gasteiger partial charge in [0.2, 0.25) is 5.91 Å². The highest BCUT2D eigenvalue weighted by Gasteiger charge is 2.25. The van der Waals surface area contributed by atoms with Crippen molar-refractivity contribution in [3.05, 3.63) is 38.9 Å². The first-order chi connectivity index (χ1) is 9.77. The number of carbonyl (C=O) groups is 2. The van der Waals surface area contributed by atoms with E-state index in [1.165, 1.54) is 12.1 Å². The van der Waals surface area contributed by atoms with Crippen molar-refractivity contribution in [3.63, 3.8) is 0 Å². The number of non-ortho nitro benzene ring substituents is 1. The molecule has 21 heavy (non-hydrogen) atoms. The van der Waals surface area contributed by atoms with Crippen molar-refractivity contribution in [2.75, 3.05) is 0 Å². The predicted molar refractivity (Wildman–Crippen MR) is 78.0 cm³/mol. The van der Waals surface area contributed by atoms with Gasteiger partial charge in [-0.05, 0) is 12.0 Å². The molecule has 0 fully saturated rings. The topological polar surface area (TPSA) is 115 Å². The van der Waals surface area contributed by atoms with Crippen LogP contribution < -0.4 is 11.1 Å². The summed E-state index contributed by atoms with van der Waals surface area (Å²) in [5.41, 5.74) is 5.10. The Bertz CT molecular complexity index is 577. The molecule has 0 aliphatic rings. The lowest BCUT2D eigenvalue weighted by molar-refractivity contribution is -0.384. The number of rotatable bonds is 6. The molecule has 1 rings (SSSR count). The van der Waals surface area contributed by atoms with Gasteiger partial charge in [-0.15, -0.1) is 0 Å². The van der Waals surface area contributed by atoms with Gasteiger partial charge in [-0.3, -0.25) is 19.7 Å². The molecule has 0 saturated carbocycles. The number of nitrogens with two attached hydrogens (primary N) is 1. The first-order valence-corrected chi connectivity index (χ1v) is 6.69. The Hall–Kier alpha value is -2.15. The average molecular weight is 314 g/mol. The molecule has 0 bridgehead atoms. The van der Waals surface area contributed by atoms with Crippen LogP contribution in [-0.4, -0.2) is 22.8 Å². The number of benzene rings is 1. The summed E-state index contributed by atoms with van der Waals surface area (Å²) in [6, 6.07) is 2.67. The molecule has 0 radical (unpaired) electrons. The second-order valence-corrected chi connectivity index (χ2v) is 5.07. The van der Waals surface area contributed by atoms with Crippen LogP contribution in [0.25, 0.3) is 0 Å². The van der Waals surface area contributed by atoms with Gasteiger partial charge in [-0.2, -0.15) is 0 Å². The molecule has 0 heterocycles. The molecule has 7 nitrogen and oxygen atoms in total. The van der Waals surface area contributed by atoms with Crippen LogP contribution in [-0.2, 0) is 4.79 Å². The van der Waals surface area contributed by atoms with Gasteiger partial charge in [0.15, 0.2) is 0 Å². The summed E-state index contributed by atoms with van der Waals surface area (Å²) < 4.78 is 0. The highest BCUT2D eigenvalue weighted by atomic mass is 35.5. The standard InChI is InChI=1S/C13H16ClN3O4/c1-3-7(2)11(12(15)18)16-13(19)9-5-4-8(17(20)21)6-10(9)14/h4-7,11H,3H2,1-2H3,(H2,15,18)(H,16,19). The minimum absolute atomic E-state index is 0.0526. The Balaban J connectivity index is 2.98. The fraction of sp³-hybridized carbons (Fsp3) is 0.385. The number of carbonyl (C=O) groups excluding carboxylic acids is 2. The third kappa shape index (κ3) is 4.16. The summed E-state index contributed by atoms with van der Waals surface area (Å²) in [5.74, 6) is -1.38. The van der Waals surface area contributed by atoms with E-state index >= 15 is 0 Å². The Morgan fingerprint density at radius 1 is 1.48 bits per heavy atom. The summed E-state index contributed by atoms with van der Waals surface area (Å²) in [4.78, 5) is 33.5. The van der Waals surface area contributed by atoms with E-state index in [-0.39, 0.29) is 22.2 Å². The van der Waals surface area contributed by atoms with Crippen molar-refractivity contribution in [3.8, 4) is 0 Å². The van der Waals surface area contributed by atoms with E-state index in [9.17, 15) is 19.7 Å². The highest BCUT2D eigenvalue weighted by Crippen LogP contribution is 2.22. The molecule has 1 aromatic carbocycles. The van der Waals surface area contributed by atoms with E-state index in [2.05, 4.69) is 5.32 Å². The van der Waals surface area contributed by atoms with Gasteiger partial charge in [0.25, 0.3) is 11.6 Å². The maximum absolute atomic E-state index is 12.1. The van der Waals surface area contributed by atoms with Gasteiger partial charge >= 0.3 is 0 Å². The molecule has 0 aliphatic heterocycles. The summed E-state index contributed by atoms with van der Waals surface area (Å²) >= 11 is 5.86. The van der Waals surface area contributed by atoms with Crippen molar-refractivity contribution in [1.82, 2.24) is 5.32 Å². The number of halogens is 1. The van der Waals surface area contributed by atoms with Crippen LogP contribution in [0.15, 0.2) is 18.2 Å². The van der Waals surface area contributed by atoms with E-state index in [1.807, 2.05) is 6.92 Å². The number of nitro groups is 1. The number of primary amides is 1. The molecule has 0 aliphatic carbocycles. The van der Waals surface area contributed by atoms with Crippen molar-refractivity contribution in [2.24, 2.45) is 11.7 Å². The quantitative estimate of drug-likeness (QED) is 0.616. The van der Waals surface area contributed by atoms with Crippen LogP contribution in [0.2, 0.25) is 5.02 Å². The van der Waals surface area contributed by atoms with E-state index in [0.717, 1.165) is 6.07 Å². The van der Waals surface area contributed by atoms with Crippen molar-refractivity contribution in [2.45, 2.75) is 26.3 Å². The van der Waals surface area contributed by atoms with Crippen LogP contribution >= 0.6 is 11.6 Å². The van der Waals surface area contributed by atoms with Gasteiger partial charge in [-0.1, -0.05) is 31.9 Å². The Morgan fingerprint density at radius 2 is 2.10 bits per heavy atom. The third-order valence-electron chi connectivity index (χ3n) is 3.21. The van der Waals surface area contributed by atoms with Crippen LogP contribution in [0.4, 0.5) is 5.69 Å². The minimum Gasteiger partial charge on any atom is -0.368 e. The summed E-state index contributed by atoms with van der Waals surface area (Å²) in [5, 5.41) is 13.1. The molecule has 2 unspecified atom stereocenters. The van der Waals surface area contributed by atoms with Crippen molar-refractivity contribution >= 4 is 29.1 Å². The lowest BCUT2D eigenvalue weighted by Crippen LogP contribution is -2.48. The van der Waals surface area contributed by atoms with Crippen LogP contribution in [0, 0.1) is 16.0 Å². The SMILES string of the molecule is CCC(C)C(NC(=O)c1ccc([N+](=O)[O-])cc1Cl)C(N)=O. The second kappa shape index (κ2) is 7.03. The van der Waals surface area contributed by atoms with E-state index in [1.54, 1.807) is 6.92 Å². The van der Waals surface area contributed by atoms with Gasteiger partial charge < -0.3 is 11.1 Å². The number of nitro benzene ring substituents is 1. The van der Waals surface area contributed by atoms with E-state index in [4.69, 9.17) is 17.3 Å². The Kier molecular flexibility index (Phi) is 5.66. The molecule has 8 heteroatoms. The number of hydrogen-bond acceptors (Lipinski definition) is 4. The zero-order valence-electron chi connectivity index (χ0n) is 11.6.